The van der Waals surface area contributed by atoms with Gasteiger partial charge in [0.05, 0.1) is 10.9 Å². The van der Waals surface area contributed by atoms with Gasteiger partial charge in [-0.3, -0.25) is 4.79 Å². The largest absolute Gasteiger partial charge is 0.393 e. The fourth-order valence-corrected chi connectivity index (χ4v) is 2.03. The van der Waals surface area contributed by atoms with Crippen LogP contribution in [0.15, 0.2) is 18.2 Å². The van der Waals surface area contributed by atoms with Gasteiger partial charge >= 0.3 is 0 Å². The highest BCUT2D eigenvalue weighted by molar-refractivity contribution is 7.80. The van der Waals surface area contributed by atoms with Crippen LogP contribution >= 0.6 is 12.2 Å². The van der Waals surface area contributed by atoms with E-state index in [4.69, 9.17) is 18.0 Å². The number of hydrogen-bond acceptors (Lipinski definition) is 2. The Balaban J connectivity index is 2.86. The maximum Gasteiger partial charge on any atom is 0.234 e. The van der Waals surface area contributed by atoms with E-state index in [9.17, 15) is 9.18 Å². The number of carbonyl (C=O) groups excluding carboxylic acids is 1. The third kappa shape index (κ3) is 3.50. The summed E-state index contributed by atoms with van der Waals surface area (Å²) in [6.07, 6.45) is 0. The standard InChI is InChI=1S/C13H17FN2OS/c1-7(2)11(12(15)18)13(17)16-9-5-4-8(3)10(14)6-9/h4-7,11H,1-3H3,(H2,15,18)(H,16,17). The van der Waals surface area contributed by atoms with E-state index in [1.807, 2.05) is 13.8 Å². The number of nitrogens with two attached hydrogens (primary N) is 1. The summed E-state index contributed by atoms with van der Waals surface area (Å²) in [4.78, 5) is 12.1. The molecule has 1 rings (SSSR count). The number of nitrogens with one attached hydrogen (secondary N) is 1. The van der Waals surface area contributed by atoms with Gasteiger partial charge in [-0.2, -0.15) is 0 Å². The summed E-state index contributed by atoms with van der Waals surface area (Å²) in [5, 5.41) is 2.63. The Hall–Kier alpha value is -1.49. The van der Waals surface area contributed by atoms with Gasteiger partial charge in [0.2, 0.25) is 5.91 Å². The van der Waals surface area contributed by atoms with Gasteiger partial charge in [0.1, 0.15) is 5.82 Å². The van der Waals surface area contributed by atoms with Crippen LogP contribution in [0.1, 0.15) is 19.4 Å². The minimum absolute atomic E-state index is 0.00204. The summed E-state index contributed by atoms with van der Waals surface area (Å²) in [5.74, 6) is -1.22. The number of carbonyl (C=O) groups is 1. The number of aryl methyl sites for hydroxylation is 1. The number of benzene rings is 1. The summed E-state index contributed by atoms with van der Waals surface area (Å²) in [6.45, 7) is 5.38. The molecular formula is C13H17FN2OS. The first-order chi connectivity index (χ1) is 8.32. The second-order valence-corrected chi connectivity index (χ2v) is 5.05. The Kier molecular flexibility index (Phi) is 4.78. The van der Waals surface area contributed by atoms with E-state index in [2.05, 4.69) is 5.32 Å². The molecule has 3 nitrogen and oxygen atoms in total. The third-order valence-corrected chi connectivity index (χ3v) is 2.95. The molecule has 0 aliphatic rings. The molecule has 5 heteroatoms. The molecule has 0 heterocycles. The zero-order chi connectivity index (χ0) is 13.9. The molecule has 3 N–H and O–H groups in total. The lowest BCUT2D eigenvalue weighted by Gasteiger charge is -2.18. The van der Waals surface area contributed by atoms with Crippen LogP contribution in [0, 0.1) is 24.6 Å². The van der Waals surface area contributed by atoms with Crippen LogP contribution in [-0.4, -0.2) is 10.9 Å². The molecule has 1 aromatic carbocycles. The highest BCUT2D eigenvalue weighted by atomic mass is 32.1. The van der Waals surface area contributed by atoms with Crippen LogP contribution in [0.5, 0.6) is 0 Å². The van der Waals surface area contributed by atoms with Crippen molar-refractivity contribution in [2.75, 3.05) is 5.32 Å². The van der Waals surface area contributed by atoms with Gasteiger partial charge in [-0.15, -0.1) is 0 Å². The highest BCUT2D eigenvalue weighted by Crippen LogP contribution is 2.17. The first-order valence-electron chi connectivity index (χ1n) is 5.69. The lowest BCUT2D eigenvalue weighted by molar-refractivity contribution is -0.118. The normalized spacial score (nSPS) is 12.3. The van der Waals surface area contributed by atoms with Gasteiger partial charge in [-0.1, -0.05) is 32.1 Å². The topological polar surface area (TPSA) is 55.1 Å². The zero-order valence-electron chi connectivity index (χ0n) is 10.7. The molecule has 18 heavy (non-hydrogen) atoms. The molecule has 1 atom stereocenters. The van der Waals surface area contributed by atoms with Crippen LogP contribution in [0.25, 0.3) is 0 Å². The Morgan fingerprint density at radius 2 is 2.06 bits per heavy atom. The predicted molar refractivity (Wildman–Crippen MR) is 74.9 cm³/mol. The molecule has 1 aromatic rings. The van der Waals surface area contributed by atoms with Crippen molar-refractivity contribution in [2.45, 2.75) is 20.8 Å². The number of amides is 1. The van der Waals surface area contributed by atoms with Crippen LogP contribution in [0.3, 0.4) is 0 Å². The van der Waals surface area contributed by atoms with E-state index in [1.165, 1.54) is 6.07 Å². The van der Waals surface area contributed by atoms with Crippen molar-refractivity contribution in [2.24, 2.45) is 17.6 Å². The molecular weight excluding hydrogens is 251 g/mol. The number of rotatable bonds is 4. The molecule has 0 radical (unpaired) electrons. The second kappa shape index (κ2) is 5.91. The molecule has 0 saturated carbocycles. The van der Waals surface area contributed by atoms with Gasteiger partial charge in [0.15, 0.2) is 0 Å². The Bertz CT molecular complexity index is 474. The summed E-state index contributed by atoms with van der Waals surface area (Å²) >= 11 is 4.88. The molecule has 0 saturated heterocycles. The lowest BCUT2D eigenvalue weighted by atomic mass is 9.95. The Labute approximate surface area is 112 Å². The molecule has 0 aromatic heterocycles. The maximum atomic E-state index is 13.3. The van der Waals surface area contributed by atoms with Gasteiger partial charge in [0.25, 0.3) is 0 Å². The first-order valence-corrected chi connectivity index (χ1v) is 6.10. The third-order valence-electron chi connectivity index (χ3n) is 2.70. The van der Waals surface area contributed by atoms with E-state index >= 15 is 0 Å². The summed E-state index contributed by atoms with van der Waals surface area (Å²) in [5.41, 5.74) is 6.48. The van der Waals surface area contributed by atoms with Crippen LogP contribution in [0.2, 0.25) is 0 Å². The first kappa shape index (κ1) is 14.6. The molecule has 0 aliphatic heterocycles. The monoisotopic (exact) mass is 268 g/mol. The van der Waals surface area contributed by atoms with E-state index in [0.29, 0.717) is 11.3 Å². The average Bonchev–Trinajstić information content (AvgIpc) is 2.22. The number of hydrogen-bond donors (Lipinski definition) is 2. The van der Waals surface area contributed by atoms with Crippen molar-refractivity contribution in [1.29, 1.82) is 0 Å². The maximum absolute atomic E-state index is 13.3. The SMILES string of the molecule is Cc1ccc(NC(=O)C(C(N)=S)C(C)C)cc1F. The van der Waals surface area contributed by atoms with Crippen LogP contribution < -0.4 is 11.1 Å². The van der Waals surface area contributed by atoms with Crippen LogP contribution in [0.4, 0.5) is 10.1 Å². The minimum Gasteiger partial charge on any atom is -0.393 e. The molecule has 0 spiro atoms. The van der Waals surface area contributed by atoms with Crippen LogP contribution in [-0.2, 0) is 4.79 Å². The number of halogens is 1. The average molecular weight is 268 g/mol. The van der Waals surface area contributed by atoms with Crippen molar-refractivity contribution in [3.05, 3.63) is 29.6 Å². The smallest absolute Gasteiger partial charge is 0.234 e. The number of thiocarbonyl (C=S) groups is 1. The fourth-order valence-electron chi connectivity index (χ4n) is 1.65. The van der Waals surface area contributed by atoms with E-state index in [1.54, 1.807) is 19.1 Å². The van der Waals surface area contributed by atoms with Crippen molar-refractivity contribution < 1.29 is 9.18 Å². The summed E-state index contributed by atoms with van der Waals surface area (Å²) in [6, 6.07) is 4.54. The van der Waals surface area contributed by atoms with Gasteiger partial charge < -0.3 is 11.1 Å². The van der Waals surface area contributed by atoms with Gasteiger partial charge in [0, 0.05) is 5.69 Å². The summed E-state index contributed by atoms with van der Waals surface area (Å²) < 4.78 is 13.3. The molecule has 1 unspecified atom stereocenters. The second-order valence-electron chi connectivity index (χ2n) is 4.58. The molecule has 0 bridgehead atoms. The van der Waals surface area contributed by atoms with E-state index < -0.39 is 5.92 Å². The van der Waals surface area contributed by atoms with E-state index in [-0.39, 0.29) is 22.6 Å². The summed E-state index contributed by atoms with van der Waals surface area (Å²) in [7, 11) is 0. The van der Waals surface area contributed by atoms with Crippen molar-refractivity contribution in [3.63, 3.8) is 0 Å². The minimum atomic E-state index is -0.552. The fraction of sp³-hybridized carbons (Fsp3) is 0.385. The van der Waals surface area contributed by atoms with Crippen molar-refractivity contribution in [1.82, 2.24) is 0 Å². The molecule has 98 valence electrons. The molecule has 1 amide bonds. The van der Waals surface area contributed by atoms with E-state index in [0.717, 1.165) is 0 Å². The number of anilines is 1. The predicted octanol–water partition coefficient (Wildman–Crippen LogP) is 2.63. The highest BCUT2D eigenvalue weighted by Gasteiger charge is 2.25. The lowest BCUT2D eigenvalue weighted by Crippen LogP contribution is -2.36. The van der Waals surface area contributed by atoms with Gasteiger partial charge in [-0.25, -0.2) is 4.39 Å². The quantitative estimate of drug-likeness (QED) is 0.825. The van der Waals surface area contributed by atoms with Crippen molar-refractivity contribution in [3.8, 4) is 0 Å². The molecule has 0 fully saturated rings. The Morgan fingerprint density at radius 3 is 2.50 bits per heavy atom. The molecule has 0 aliphatic carbocycles. The van der Waals surface area contributed by atoms with Crippen molar-refractivity contribution >= 4 is 28.8 Å². The zero-order valence-corrected chi connectivity index (χ0v) is 11.5. The van der Waals surface area contributed by atoms with Gasteiger partial charge in [-0.05, 0) is 30.5 Å². The Morgan fingerprint density at radius 1 is 1.44 bits per heavy atom.